The van der Waals surface area contributed by atoms with E-state index in [0.717, 1.165) is 0 Å². The minimum Gasteiger partial charge on any atom is -0.287 e. The predicted octanol–water partition coefficient (Wildman–Crippen LogP) is 2.45. The lowest BCUT2D eigenvalue weighted by Gasteiger charge is -2.09. The van der Waals surface area contributed by atoms with Gasteiger partial charge < -0.3 is 0 Å². The number of carbonyl (C=O) groups is 1. The third-order valence-electron chi connectivity index (χ3n) is 3.35. The molecule has 5 heteroatoms. The summed E-state index contributed by atoms with van der Waals surface area (Å²) >= 11 is 0. The average molecular weight is 300 g/mol. The number of hydrogen-bond donors (Lipinski definition) is 1. The largest absolute Gasteiger partial charge is 0.287 e. The quantitative estimate of drug-likeness (QED) is 0.754. The second-order valence-electron chi connectivity index (χ2n) is 4.85. The van der Waals surface area contributed by atoms with Crippen LogP contribution in [0, 0.1) is 16.7 Å². The lowest BCUT2D eigenvalue weighted by atomic mass is 10.1. The van der Waals surface area contributed by atoms with Gasteiger partial charge in [-0.15, -0.1) is 0 Å². The first-order valence-corrected chi connectivity index (χ1v) is 6.95. The van der Waals surface area contributed by atoms with Crippen LogP contribution in [0.3, 0.4) is 0 Å². The maximum Gasteiger partial charge on any atom is 0.213 e. The van der Waals surface area contributed by atoms with E-state index in [2.05, 4.69) is 5.10 Å². The maximum atomic E-state index is 12.6. The second-order valence-corrected chi connectivity index (χ2v) is 4.85. The summed E-state index contributed by atoms with van der Waals surface area (Å²) in [5, 5.41) is 21.6. The van der Waals surface area contributed by atoms with Crippen molar-refractivity contribution in [1.82, 2.24) is 9.78 Å². The van der Waals surface area contributed by atoms with Crippen LogP contribution >= 0.6 is 0 Å². The Hall–Kier alpha value is -3.52. The summed E-state index contributed by atoms with van der Waals surface area (Å²) in [4.78, 5) is 12.6. The zero-order valence-electron chi connectivity index (χ0n) is 12.1. The number of hydrogen-bond acceptors (Lipinski definition) is 4. The molecule has 2 aromatic carbocycles. The number of aromatic nitrogens is 2. The molecular weight excluding hydrogens is 288 g/mol. The van der Waals surface area contributed by atoms with Gasteiger partial charge in [-0.05, 0) is 18.2 Å². The molecule has 1 heterocycles. The summed E-state index contributed by atoms with van der Waals surface area (Å²) in [6.07, 6.45) is 0. The normalized spacial score (nSPS) is 10.0. The number of ketones is 1. The van der Waals surface area contributed by atoms with Crippen molar-refractivity contribution in [2.75, 3.05) is 0 Å². The van der Waals surface area contributed by atoms with Crippen LogP contribution in [0.4, 0.5) is 0 Å². The number of nitrogens with zero attached hydrogens (tertiary/aromatic N) is 3. The second kappa shape index (κ2) is 6.08. The monoisotopic (exact) mass is 300 g/mol. The molecule has 0 saturated carbocycles. The van der Waals surface area contributed by atoms with Gasteiger partial charge in [0.2, 0.25) is 5.78 Å². The van der Waals surface area contributed by atoms with Gasteiger partial charge in [0, 0.05) is 5.56 Å². The number of nitrogens with one attached hydrogen (secondary N) is 1. The van der Waals surface area contributed by atoms with Crippen LogP contribution in [-0.4, -0.2) is 15.6 Å². The molecule has 0 aliphatic heterocycles. The van der Waals surface area contributed by atoms with Crippen LogP contribution in [-0.2, 0) is 0 Å². The summed E-state index contributed by atoms with van der Waals surface area (Å²) in [6.45, 7) is 0. The fourth-order valence-corrected chi connectivity index (χ4v) is 2.20. The Morgan fingerprint density at radius 1 is 1.04 bits per heavy atom. The highest BCUT2D eigenvalue weighted by Gasteiger charge is 2.15. The van der Waals surface area contributed by atoms with Crippen molar-refractivity contribution in [2.45, 2.75) is 0 Å². The van der Waals surface area contributed by atoms with Crippen LogP contribution in [0.25, 0.3) is 5.69 Å². The average Bonchev–Trinajstić information content (AvgIpc) is 2.63. The van der Waals surface area contributed by atoms with E-state index in [1.165, 1.54) is 10.7 Å². The zero-order valence-corrected chi connectivity index (χ0v) is 12.1. The zero-order chi connectivity index (χ0) is 16.2. The molecule has 0 aliphatic carbocycles. The molecule has 23 heavy (non-hydrogen) atoms. The van der Waals surface area contributed by atoms with Crippen molar-refractivity contribution < 1.29 is 4.79 Å². The minimum atomic E-state index is -0.285. The standard InChI is InChI=1S/C18H12N4O/c19-12-14-11-16(17(23)13-7-3-1-4-8-13)21-22(18(14)20)15-9-5-2-6-10-15/h1-11,20H. The van der Waals surface area contributed by atoms with Crippen LogP contribution in [0.15, 0.2) is 66.7 Å². The van der Waals surface area contributed by atoms with E-state index in [0.29, 0.717) is 11.3 Å². The molecule has 0 amide bonds. The maximum absolute atomic E-state index is 12.6. The molecule has 0 atom stereocenters. The first-order chi connectivity index (χ1) is 11.2. The SMILES string of the molecule is N#Cc1cc(C(=O)c2ccccc2)nn(-c2ccccc2)c1=N. The number of para-hydroxylation sites is 1. The summed E-state index contributed by atoms with van der Waals surface area (Å²) in [5.41, 5.74) is 1.29. The van der Waals surface area contributed by atoms with E-state index in [4.69, 9.17) is 5.41 Å². The number of rotatable bonds is 3. The van der Waals surface area contributed by atoms with Gasteiger partial charge in [-0.2, -0.15) is 10.4 Å². The van der Waals surface area contributed by atoms with Gasteiger partial charge in [-0.25, -0.2) is 4.68 Å². The van der Waals surface area contributed by atoms with Crippen molar-refractivity contribution in [2.24, 2.45) is 0 Å². The number of benzene rings is 2. The molecule has 3 rings (SSSR count). The fraction of sp³-hybridized carbons (Fsp3) is 0. The molecule has 0 unspecified atom stereocenters. The molecule has 0 spiro atoms. The van der Waals surface area contributed by atoms with E-state index < -0.39 is 0 Å². The van der Waals surface area contributed by atoms with Crippen LogP contribution < -0.4 is 5.49 Å². The Morgan fingerprint density at radius 3 is 2.26 bits per heavy atom. The van der Waals surface area contributed by atoms with Crippen molar-refractivity contribution in [1.29, 1.82) is 10.7 Å². The fourth-order valence-electron chi connectivity index (χ4n) is 2.20. The van der Waals surface area contributed by atoms with Crippen molar-refractivity contribution in [3.05, 3.63) is 89.0 Å². The smallest absolute Gasteiger partial charge is 0.213 e. The van der Waals surface area contributed by atoms with E-state index in [1.807, 2.05) is 18.2 Å². The highest BCUT2D eigenvalue weighted by Crippen LogP contribution is 2.09. The van der Waals surface area contributed by atoms with Crippen molar-refractivity contribution in [3.8, 4) is 11.8 Å². The molecule has 5 nitrogen and oxygen atoms in total. The third kappa shape index (κ3) is 2.78. The van der Waals surface area contributed by atoms with E-state index in [-0.39, 0.29) is 22.5 Å². The Kier molecular flexibility index (Phi) is 3.81. The van der Waals surface area contributed by atoms with Gasteiger partial charge in [-0.3, -0.25) is 10.2 Å². The third-order valence-corrected chi connectivity index (χ3v) is 3.35. The summed E-state index contributed by atoms with van der Waals surface area (Å²) < 4.78 is 1.30. The minimum absolute atomic E-state index is 0.0525. The molecule has 0 aliphatic rings. The summed E-state index contributed by atoms with van der Waals surface area (Å²) in [5.74, 6) is -0.285. The Bertz CT molecular complexity index is 954. The van der Waals surface area contributed by atoms with Crippen LogP contribution in [0.1, 0.15) is 21.6 Å². The van der Waals surface area contributed by atoms with Gasteiger partial charge in [0.1, 0.15) is 11.8 Å². The lowest BCUT2D eigenvalue weighted by Crippen LogP contribution is -2.26. The molecule has 110 valence electrons. The topological polar surface area (TPSA) is 82.5 Å². The van der Waals surface area contributed by atoms with Gasteiger partial charge >= 0.3 is 0 Å². The van der Waals surface area contributed by atoms with Crippen LogP contribution in [0.2, 0.25) is 0 Å². The lowest BCUT2D eigenvalue weighted by molar-refractivity contribution is 0.103. The molecule has 0 bridgehead atoms. The van der Waals surface area contributed by atoms with Crippen molar-refractivity contribution in [3.63, 3.8) is 0 Å². The Morgan fingerprint density at radius 2 is 1.65 bits per heavy atom. The van der Waals surface area contributed by atoms with Gasteiger partial charge in [-0.1, -0.05) is 48.5 Å². The molecule has 1 N–H and O–H groups in total. The predicted molar refractivity (Wildman–Crippen MR) is 84.0 cm³/mol. The molecule has 3 aromatic rings. The van der Waals surface area contributed by atoms with E-state index in [1.54, 1.807) is 48.5 Å². The highest BCUT2D eigenvalue weighted by molar-refractivity contribution is 6.07. The number of carbonyl (C=O) groups excluding carboxylic acids is 1. The Labute approximate surface area is 132 Å². The Balaban J connectivity index is 2.19. The van der Waals surface area contributed by atoms with Crippen molar-refractivity contribution >= 4 is 5.78 Å². The number of nitriles is 1. The first kappa shape index (κ1) is 14.4. The highest BCUT2D eigenvalue weighted by atomic mass is 16.1. The summed E-state index contributed by atoms with van der Waals surface area (Å²) in [7, 11) is 0. The van der Waals surface area contributed by atoms with Gasteiger partial charge in [0.15, 0.2) is 5.49 Å². The van der Waals surface area contributed by atoms with Gasteiger partial charge in [0.05, 0.1) is 11.3 Å². The van der Waals surface area contributed by atoms with Crippen LogP contribution in [0.5, 0.6) is 0 Å². The molecule has 0 fully saturated rings. The summed E-state index contributed by atoms with van der Waals surface area (Å²) in [6, 6.07) is 21.0. The molecule has 0 radical (unpaired) electrons. The molecular formula is C18H12N4O. The van der Waals surface area contributed by atoms with E-state index in [9.17, 15) is 10.1 Å². The van der Waals surface area contributed by atoms with E-state index >= 15 is 0 Å². The first-order valence-electron chi connectivity index (χ1n) is 6.95. The molecule has 1 aromatic heterocycles. The van der Waals surface area contributed by atoms with Gasteiger partial charge in [0.25, 0.3) is 0 Å². The molecule has 0 saturated heterocycles.